The number of nitrogens with one attached hydrogen (secondary N) is 2. The number of alkyl halides is 1. The van der Waals surface area contributed by atoms with E-state index in [1.165, 1.54) is 19.6 Å². The molecule has 3 saturated carbocycles. The van der Waals surface area contributed by atoms with Crippen molar-refractivity contribution in [1.82, 2.24) is 24.8 Å². The number of hydrogen-bond donors (Lipinski definition) is 2. The van der Waals surface area contributed by atoms with E-state index < -0.39 is 6.67 Å². The number of aryl methyl sites for hydroxylation is 1. The van der Waals surface area contributed by atoms with Crippen LogP contribution in [0.1, 0.15) is 39.2 Å². The molecule has 2 aromatic carbocycles. The Hall–Kier alpha value is -4.38. The second-order valence-corrected chi connectivity index (χ2v) is 14.4. The molecule has 1 aliphatic heterocycles. The fourth-order valence-corrected chi connectivity index (χ4v) is 8.21. The lowest BCUT2D eigenvalue weighted by atomic mass is 9.45. The number of piperazine rings is 1. The van der Waals surface area contributed by atoms with Gasteiger partial charge in [0.05, 0.1) is 30.1 Å². The first-order chi connectivity index (χ1) is 23.7. The highest BCUT2D eigenvalue weighted by molar-refractivity contribution is 5.96. The Morgan fingerprint density at radius 3 is 2.67 bits per heavy atom. The maximum absolute atomic E-state index is 14.8. The quantitative estimate of drug-likeness (QED) is 0.177. The zero-order chi connectivity index (χ0) is 34.3. The molecule has 4 fully saturated rings. The van der Waals surface area contributed by atoms with Crippen LogP contribution in [0.5, 0.6) is 5.75 Å². The van der Waals surface area contributed by atoms with Crippen molar-refractivity contribution in [1.29, 1.82) is 0 Å². The van der Waals surface area contributed by atoms with Crippen molar-refractivity contribution in [2.24, 2.45) is 28.2 Å². The van der Waals surface area contributed by atoms with E-state index in [1.54, 1.807) is 35.2 Å². The molecule has 4 aromatic rings. The summed E-state index contributed by atoms with van der Waals surface area (Å²) in [5.41, 5.74) is 2.63. The molecule has 3 aliphatic carbocycles. The highest BCUT2D eigenvalue weighted by atomic mass is 19.1. The Morgan fingerprint density at radius 2 is 1.96 bits per heavy atom. The summed E-state index contributed by atoms with van der Waals surface area (Å²) in [6, 6.07) is 13.8. The van der Waals surface area contributed by atoms with E-state index in [9.17, 15) is 13.6 Å². The Kier molecular flexibility index (Phi) is 9.13. The largest absolute Gasteiger partial charge is 0.497 e. The number of aromatic nitrogens is 3. The number of aliphatic imine (C=N–C) groups is 1. The summed E-state index contributed by atoms with van der Waals surface area (Å²) in [5, 5.41) is 7.30. The lowest BCUT2D eigenvalue weighted by Gasteiger charge is -2.61. The number of fused-ring (bicyclic) bond motifs is 3. The molecular formula is C38H45F2N7O2. The average molecular weight is 670 g/mol. The van der Waals surface area contributed by atoms with Gasteiger partial charge in [0.15, 0.2) is 5.96 Å². The van der Waals surface area contributed by atoms with Gasteiger partial charge in [0, 0.05) is 55.9 Å². The maximum Gasteiger partial charge on any atom is 0.261 e. The first-order valence-corrected chi connectivity index (χ1v) is 17.3. The van der Waals surface area contributed by atoms with Crippen molar-refractivity contribution in [2.45, 2.75) is 58.7 Å². The summed E-state index contributed by atoms with van der Waals surface area (Å²) >= 11 is 0. The number of nitrogens with zero attached hydrogens (tertiary/aromatic N) is 5. The Labute approximate surface area is 285 Å². The van der Waals surface area contributed by atoms with Gasteiger partial charge >= 0.3 is 0 Å². The second-order valence-electron chi connectivity index (χ2n) is 14.4. The van der Waals surface area contributed by atoms with Crippen LogP contribution in [0.25, 0.3) is 22.3 Å². The van der Waals surface area contributed by atoms with Gasteiger partial charge < -0.3 is 20.3 Å². The molecule has 9 nitrogen and oxygen atoms in total. The smallest absolute Gasteiger partial charge is 0.261 e. The number of pyridine rings is 1. The highest BCUT2D eigenvalue weighted by Crippen LogP contribution is 2.61. The first kappa shape index (κ1) is 33.1. The minimum atomic E-state index is -0.447. The van der Waals surface area contributed by atoms with Crippen molar-refractivity contribution >= 4 is 22.5 Å². The molecule has 4 aliphatic rings. The van der Waals surface area contributed by atoms with E-state index in [0.29, 0.717) is 77.3 Å². The fourth-order valence-electron chi connectivity index (χ4n) is 8.21. The molecule has 2 bridgehead atoms. The predicted molar refractivity (Wildman–Crippen MR) is 189 cm³/mol. The van der Waals surface area contributed by atoms with Crippen molar-refractivity contribution in [3.8, 4) is 17.1 Å². The maximum atomic E-state index is 14.8. The van der Waals surface area contributed by atoms with E-state index >= 15 is 0 Å². The van der Waals surface area contributed by atoms with Crippen LogP contribution in [0.15, 0.2) is 70.7 Å². The highest BCUT2D eigenvalue weighted by Gasteiger charge is 2.56. The monoisotopic (exact) mass is 669 g/mol. The molecule has 5 atom stereocenters. The van der Waals surface area contributed by atoms with E-state index in [-0.39, 0.29) is 30.0 Å². The fraction of sp³-hybridized carbons (Fsp3) is 0.474. The van der Waals surface area contributed by atoms with Crippen LogP contribution in [0, 0.1) is 29.0 Å². The van der Waals surface area contributed by atoms with Gasteiger partial charge in [0.1, 0.15) is 24.1 Å². The summed E-state index contributed by atoms with van der Waals surface area (Å²) in [7, 11) is 1.50. The molecule has 0 amide bonds. The number of hydrogen-bond acceptors (Lipinski definition) is 6. The van der Waals surface area contributed by atoms with Crippen molar-refractivity contribution < 1.29 is 13.5 Å². The van der Waals surface area contributed by atoms with Gasteiger partial charge in [-0.1, -0.05) is 26.8 Å². The number of halogens is 2. The zero-order valence-electron chi connectivity index (χ0n) is 28.6. The van der Waals surface area contributed by atoms with Gasteiger partial charge in [-0.25, -0.2) is 18.8 Å². The molecular weight excluding hydrogens is 624 g/mol. The van der Waals surface area contributed by atoms with Crippen LogP contribution < -0.4 is 20.9 Å². The average Bonchev–Trinajstić information content (AvgIpc) is 3.12. The van der Waals surface area contributed by atoms with E-state index in [1.807, 2.05) is 24.3 Å². The molecule has 8 rings (SSSR count). The van der Waals surface area contributed by atoms with Gasteiger partial charge in [-0.15, -0.1) is 0 Å². The minimum Gasteiger partial charge on any atom is -0.497 e. The number of ether oxygens (including phenoxy) is 1. The molecule has 49 heavy (non-hydrogen) atoms. The third-order valence-corrected chi connectivity index (χ3v) is 11.4. The van der Waals surface area contributed by atoms with Crippen molar-refractivity contribution in [2.75, 3.05) is 38.7 Å². The topological polar surface area (TPSA) is 96.7 Å². The Morgan fingerprint density at radius 1 is 1.14 bits per heavy atom. The predicted octanol–water partition coefficient (Wildman–Crippen LogP) is 5.93. The Bertz CT molecular complexity index is 1910. The molecule has 0 radical (unpaired) electrons. The molecule has 258 valence electrons. The van der Waals surface area contributed by atoms with Crippen LogP contribution in [0.2, 0.25) is 0 Å². The third kappa shape index (κ3) is 6.40. The summed E-state index contributed by atoms with van der Waals surface area (Å²) in [5.74, 6) is 3.01. The zero-order valence-corrected chi connectivity index (χ0v) is 28.6. The number of benzene rings is 2. The van der Waals surface area contributed by atoms with Crippen molar-refractivity contribution in [3.05, 3.63) is 82.7 Å². The van der Waals surface area contributed by atoms with Gasteiger partial charge in [0.2, 0.25) is 0 Å². The van der Waals surface area contributed by atoms with Gasteiger partial charge in [-0.3, -0.25) is 14.3 Å². The van der Waals surface area contributed by atoms with Crippen LogP contribution >= 0.6 is 0 Å². The first-order valence-electron chi connectivity index (χ1n) is 17.3. The number of rotatable bonds is 8. The Balaban J connectivity index is 1.23. The normalized spacial score (nSPS) is 24.8. The van der Waals surface area contributed by atoms with Crippen molar-refractivity contribution in [3.63, 3.8) is 0 Å². The SMILES string of the molecule is COc1ccc(CCn2c(-c3ccncc3)nc3cc(NC(=N[C@H]4C[C@H]5C[C@@H]([C@@H]4C)C5(C)C)N4CCN[C@@H](CF)C4)ccc3c2=O)c(F)c1. The van der Waals surface area contributed by atoms with Crippen LogP contribution in [0.3, 0.4) is 0 Å². The van der Waals surface area contributed by atoms with Gasteiger partial charge in [0.25, 0.3) is 5.56 Å². The molecule has 0 spiro atoms. The molecule has 2 N–H and O–H groups in total. The van der Waals surface area contributed by atoms with Gasteiger partial charge in [-0.05, 0) is 84.4 Å². The lowest BCUT2D eigenvalue weighted by molar-refractivity contribution is -0.108. The molecule has 0 unspecified atom stereocenters. The molecule has 1 saturated heterocycles. The summed E-state index contributed by atoms with van der Waals surface area (Å²) in [6.07, 6.45) is 5.93. The lowest BCUT2D eigenvalue weighted by Crippen LogP contribution is -2.58. The number of methoxy groups -OCH3 is 1. The van der Waals surface area contributed by atoms with Crippen LogP contribution in [-0.4, -0.2) is 70.9 Å². The van der Waals surface area contributed by atoms with Crippen LogP contribution in [-0.2, 0) is 13.0 Å². The molecule has 11 heteroatoms. The second kappa shape index (κ2) is 13.5. The van der Waals surface area contributed by atoms with E-state index in [4.69, 9.17) is 14.7 Å². The number of guanidine groups is 1. The molecule has 2 aromatic heterocycles. The number of anilines is 1. The minimum absolute atomic E-state index is 0.178. The van der Waals surface area contributed by atoms with E-state index in [2.05, 4.69) is 41.3 Å². The standard InChI is InChI=1S/C38H45F2N7O2/c1-23-31-17-26(38(31,2)3)18-33(23)45-37(46-16-14-42-28(21-39)22-46)43-27-6-8-30-34(19-27)44-35(25-9-12-41-13-10-25)47(36(30)48)15-11-24-5-7-29(49-4)20-32(24)40/h5-10,12-13,19-20,23,26,28,31,33,42H,11,14-18,21-22H2,1-4H3,(H,43,45)/t23-,26+,28-,31-,33-/m0/s1. The van der Waals surface area contributed by atoms with E-state index in [0.717, 1.165) is 23.6 Å². The summed E-state index contributed by atoms with van der Waals surface area (Å²) in [4.78, 5) is 30.7. The summed E-state index contributed by atoms with van der Waals surface area (Å²) in [6.45, 7) is 8.77. The molecule has 3 heterocycles. The summed E-state index contributed by atoms with van der Waals surface area (Å²) < 4.78 is 35.4. The van der Waals surface area contributed by atoms with Crippen LogP contribution in [0.4, 0.5) is 14.5 Å². The van der Waals surface area contributed by atoms with Gasteiger partial charge in [-0.2, -0.15) is 0 Å². The third-order valence-electron chi connectivity index (χ3n) is 11.4.